The van der Waals surface area contributed by atoms with E-state index in [2.05, 4.69) is 15.9 Å². The summed E-state index contributed by atoms with van der Waals surface area (Å²) in [5, 5.41) is -0.296. The number of benzene rings is 1. The molecule has 1 aromatic carbocycles. The molecule has 1 rings (SSSR count). The van der Waals surface area contributed by atoms with Crippen LogP contribution in [0.4, 0.5) is 9.59 Å². The molecule has 7 nitrogen and oxygen atoms in total. The maximum absolute atomic E-state index is 14.7. The van der Waals surface area contributed by atoms with Gasteiger partial charge in [-0.25, -0.2) is 13.8 Å². The van der Waals surface area contributed by atoms with Gasteiger partial charge in [-0.1, -0.05) is 42.8 Å². The molecule has 0 aliphatic rings. The van der Waals surface area contributed by atoms with Crippen molar-refractivity contribution in [2.75, 3.05) is 0 Å². The average molecular weight is 550 g/mol. The molecule has 2 amide bonds. The van der Waals surface area contributed by atoms with Crippen LogP contribution in [0.3, 0.4) is 0 Å². The van der Waals surface area contributed by atoms with E-state index < -0.39 is 41.5 Å². The van der Waals surface area contributed by atoms with Crippen LogP contribution in [0.2, 0.25) is 18.1 Å². The van der Waals surface area contributed by atoms with Crippen molar-refractivity contribution in [3.63, 3.8) is 0 Å². The van der Waals surface area contributed by atoms with E-state index >= 15 is 0 Å². The summed E-state index contributed by atoms with van der Waals surface area (Å²) in [4.78, 5) is 26.8. The van der Waals surface area contributed by atoms with E-state index in [4.69, 9.17) is 13.5 Å². The molecule has 0 radical (unpaired) electrons. The lowest BCUT2D eigenvalue weighted by atomic mass is 10.2. The van der Waals surface area contributed by atoms with E-state index in [1.807, 2.05) is 33.9 Å². The van der Waals surface area contributed by atoms with E-state index in [1.165, 1.54) is 0 Å². The predicted octanol–water partition coefficient (Wildman–Crippen LogP) is 7.37. The van der Waals surface area contributed by atoms with E-state index in [0.717, 1.165) is 0 Å². The van der Waals surface area contributed by atoms with Crippen molar-refractivity contribution in [2.24, 2.45) is 4.03 Å². The van der Waals surface area contributed by atoms with Crippen LogP contribution in [0.25, 0.3) is 0 Å². The highest BCUT2D eigenvalue weighted by molar-refractivity contribution is 9.10. The number of amides is 2. The number of halogens is 1. The Morgan fingerprint density at radius 3 is 1.72 bits per heavy atom. The maximum Gasteiger partial charge on any atom is 0.433 e. The van der Waals surface area contributed by atoms with Gasteiger partial charge < -0.3 is 9.47 Å². The van der Waals surface area contributed by atoms with E-state index in [9.17, 15) is 13.8 Å². The Morgan fingerprint density at radius 2 is 1.38 bits per heavy atom. The summed E-state index contributed by atoms with van der Waals surface area (Å²) in [6.45, 7) is 20.0. The fourth-order valence-corrected chi connectivity index (χ4v) is 8.26. The van der Waals surface area contributed by atoms with Gasteiger partial charge in [0.05, 0.1) is 4.90 Å². The predicted molar refractivity (Wildman–Crippen MR) is 134 cm³/mol. The first-order valence-corrected chi connectivity index (χ1v) is 15.6. The SMILES string of the molecule is CC(C)(C)OC(=O)N(C(=O)OC(C)(C)C)S(=O)(=N[Si](C)(C)C(C)(C)C)c1cccc(Br)c1. The first kappa shape index (κ1) is 28.6. The minimum absolute atomic E-state index is 0.216. The lowest BCUT2D eigenvalue weighted by Crippen LogP contribution is -2.48. The molecule has 0 heterocycles. The number of hydrogen-bond acceptors (Lipinski definition) is 6. The minimum Gasteiger partial charge on any atom is -0.443 e. The van der Waals surface area contributed by atoms with Gasteiger partial charge in [-0.3, -0.25) is 4.03 Å². The molecule has 1 unspecified atom stereocenters. The summed E-state index contributed by atoms with van der Waals surface area (Å²) in [6, 6.07) is 6.63. The molecule has 0 spiro atoms. The second-order valence-electron chi connectivity index (χ2n) is 11.1. The maximum atomic E-state index is 14.7. The molecule has 1 atom stereocenters. The van der Waals surface area contributed by atoms with Gasteiger partial charge in [-0.05, 0) is 77.9 Å². The van der Waals surface area contributed by atoms with Crippen molar-refractivity contribution in [3.8, 4) is 0 Å². The van der Waals surface area contributed by atoms with Crippen LogP contribution in [0.15, 0.2) is 37.7 Å². The van der Waals surface area contributed by atoms with Gasteiger partial charge in [0.25, 0.3) is 0 Å². The Bertz CT molecular complexity index is 953. The Morgan fingerprint density at radius 1 is 0.938 bits per heavy atom. The molecule has 182 valence electrons. The number of carbonyl (C=O) groups excluding carboxylic acids is 2. The summed E-state index contributed by atoms with van der Waals surface area (Å²) >= 11 is 3.39. The highest BCUT2D eigenvalue weighted by Crippen LogP contribution is 2.39. The van der Waals surface area contributed by atoms with Crippen molar-refractivity contribution in [2.45, 2.75) is 96.5 Å². The highest BCUT2D eigenvalue weighted by Gasteiger charge is 2.44. The van der Waals surface area contributed by atoms with Crippen molar-refractivity contribution in [3.05, 3.63) is 28.7 Å². The number of hydrogen-bond donors (Lipinski definition) is 0. The summed E-state index contributed by atoms with van der Waals surface area (Å²) in [6.07, 6.45) is -2.14. The molecule has 0 aliphatic carbocycles. The van der Waals surface area contributed by atoms with Crippen LogP contribution < -0.4 is 0 Å². The van der Waals surface area contributed by atoms with Gasteiger partial charge in [-0.2, -0.15) is 0 Å². The lowest BCUT2D eigenvalue weighted by molar-refractivity contribution is 0.0179. The van der Waals surface area contributed by atoms with Crippen LogP contribution in [-0.4, -0.2) is 40.1 Å². The Hall–Kier alpha value is -1.39. The van der Waals surface area contributed by atoms with Gasteiger partial charge in [0, 0.05) is 4.47 Å². The summed E-state index contributed by atoms with van der Waals surface area (Å²) in [5.74, 6) is 0. The van der Waals surface area contributed by atoms with Crippen molar-refractivity contribution in [1.29, 1.82) is 0 Å². The van der Waals surface area contributed by atoms with Gasteiger partial charge in [-0.15, -0.1) is 4.31 Å². The Labute approximate surface area is 202 Å². The number of ether oxygens (including phenoxy) is 2. The standard InChI is InChI=1S/C22H37BrN2O5SSi/c1-20(2,3)29-18(26)25(19(27)30-21(4,5)6)31(28,17-14-12-13-16(23)15-17)24-32(10,11)22(7,8)9/h12-15H,1-11H3. The summed E-state index contributed by atoms with van der Waals surface area (Å²) < 4.78 is 31.7. The third-order valence-corrected chi connectivity index (χ3v) is 13.3. The zero-order chi connectivity index (χ0) is 25.3. The topological polar surface area (TPSA) is 85.3 Å². The molecule has 10 heteroatoms. The summed E-state index contributed by atoms with van der Waals surface area (Å²) in [7, 11) is -6.41. The van der Waals surface area contributed by atoms with Crippen molar-refractivity contribution in [1.82, 2.24) is 4.31 Å². The normalized spacial score (nSPS) is 14.9. The first-order valence-electron chi connectivity index (χ1n) is 10.4. The fourth-order valence-electron chi connectivity index (χ4n) is 2.16. The minimum atomic E-state index is -3.77. The largest absolute Gasteiger partial charge is 0.443 e. The zero-order valence-electron chi connectivity index (χ0n) is 21.0. The Kier molecular flexibility index (Phi) is 8.47. The highest BCUT2D eigenvalue weighted by atomic mass is 79.9. The lowest BCUT2D eigenvalue weighted by Gasteiger charge is -2.36. The second-order valence-corrected chi connectivity index (χ2v) is 19.2. The number of nitrogens with zero attached hydrogens (tertiary/aromatic N) is 2. The zero-order valence-corrected chi connectivity index (χ0v) is 24.4. The van der Waals surface area contributed by atoms with Crippen molar-refractivity contribution < 1.29 is 23.3 Å². The van der Waals surface area contributed by atoms with Crippen LogP contribution >= 0.6 is 15.9 Å². The summed E-state index contributed by atoms with van der Waals surface area (Å²) in [5.41, 5.74) is -1.85. The van der Waals surface area contributed by atoms with Crippen molar-refractivity contribution >= 4 is 46.3 Å². The van der Waals surface area contributed by atoms with Crippen LogP contribution in [0.5, 0.6) is 0 Å². The quantitative estimate of drug-likeness (QED) is 0.368. The fraction of sp³-hybridized carbons (Fsp3) is 0.636. The van der Waals surface area contributed by atoms with E-state index in [1.54, 1.807) is 65.8 Å². The third-order valence-electron chi connectivity index (χ3n) is 4.66. The van der Waals surface area contributed by atoms with Gasteiger partial charge in [0.15, 0.2) is 18.2 Å². The number of imide groups is 1. The molecule has 0 saturated heterocycles. The average Bonchev–Trinajstić information content (AvgIpc) is 2.49. The molecule has 0 saturated carbocycles. The molecular formula is C22H37BrN2O5SSi. The van der Waals surface area contributed by atoms with E-state index in [0.29, 0.717) is 8.78 Å². The molecule has 0 N–H and O–H groups in total. The molecule has 32 heavy (non-hydrogen) atoms. The molecular weight excluding hydrogens is 512 g/mol. The van der Waals surface area contributed by atoms with Gasteiger partial charge in [0.2, 0.25) is 0 Å². The monoisotopic (exact) mass is 548 g/mol. The van der Waals surface area contributed by atoms with Gasteiger partial charge >= 0.3 is 12.2 Å². The van der Waals surface area contributed by atoms with Gasteiger partial charge in [0.1, 0.15) is 11.2 Å². The smallest absolute Gasteiger partial charge is 0.433 e. The molecule has 0 fully saturated rings. The Balaban J connectivity index is 3.99. The number of rotatable bonds is 3. The van der Waals surface area contributed by atoms with Crippen LogP contribution in [-0.2, 0) is 19.4 Å². The van der Waals surface area contributed by atoms with Crippen LogP contribution in [0, 0.1) is 0 Å². The molecule has 1 aromatic rings. The number of carbonyl (C=O) groups is 2. The van der Waals surface area contributed by atoms with Crippen LogP contribution in [0.1, 0.15) is 62.3 Å². The van der Waals surface area contributed by atoms with E-state index in [-0.39, 0.29) is 9.93 Å². The molecule has 0 bridgehead atoms. The molecule has 0 aliphatic heterocycles. The molecule has 0 aromatic heterocycles. The third kappa shape index (κ3) is 7.59. The first-order chi connectivity index (χ1) is 14.1. The second kappa shape index (κ2) is 9.46.